The molecule has 1 heterocycles. The predicted octanol–water partition coefficient (Wildman–Crippen LogP) is 1.24. The minimum absolute atomic E-state index is 0.120. The predicted molar refractivity (Wildman–Crippen MR) is 67.3 cm³/mol. The largest absolute Gasteiger partial charge is 0.381 e. The van der Waals surface area contributed by atoms with Crippen LogP contribution in [-0.4, -0.2) is 16.2 Å². The van der Waals surface area contributed by atoms with Crippen LogP contribution in [0.3, 0.4) is 0 Å². The Bertz CT molecular complexity index is 535. The van der Waals surface area contributed by atoms with E-state index in [1.54, 1.807) is 18.2 Å². The topological polar surface area (TPSA) is 70.1 Å². The lowest BCUT2D eigenvalue weighted by Gasteiger charge is -2.07. The number of anilines is 1. The molecule has 0 atom stereocenters. The number of hydrogen-bond donors (Lipinski definition) is 1. The molecule has 5 nitrogen and oxygen atoms in total. The summed E-state index contributed by atoms with van der Waals surface area (Å²) in [5.74, 6) is -1.18. The highest BCUT2D eigenvalue weighted by molar-refractivity contribution is 5.26. The lowest BCUT2D eigenvalue weighted by atomic mass is 10.2. The first-order valence-corrected chi connectivity index (χ1v) is 5.12. The van der Waals surface area contributed by atoms with Crippen LogP contribution in [-0.2, 0) is 11.5 Å². The average Bonchev–Trinajstić information content (AvgIpc) is 2.34. The van der Waals surface area contributed by atoms with Gasteiger partial charge in [0, 0.05) is 0 Å². The van der Waals surface area contributed by atoms with E-state index in [0.29, 0.717) is 0 Å². The second kappa shape index (κ2) is 6.51. The van der Waals surface area contributed by atoms with E-state index in [4.69, 9.17) is 10.5 Å². The quantitative estimate of drug-likeness (QED) is 0.772. The van der Waals surface area contributed by atoms with Crippen molar-refractivity contribution in [3.63, 3.8) is 0 Å². The van der Waals surface area contributed by atoms with Crippen LogP contribution < -0.4 is 11.4 Å². The standard InChI is InChI=1S/C12H14FN3O2/c1-3-5-9(4-2)7-18-8-16-6-10(13)11(14)15-12(16)17/h3-6H,1-2,7-8H2,(H2,14,15,17)/b9-5+. The molecule has 0 spiro atoms. The van der Waals surface area contributed by atoms with E-state index in [1.807, 2.05) is 0 Å². The van der Waals surface area contributed by atoms with Crippen LogP contribution in [0.2, 0.25) is 0 Å². The van der Waals surface area contributed by atoms with Gasteiger partial charge in [0.25, 0.3) is 0 Å². The van der Waals surface area contributed by atoms with E-state index in [1.165, 1.54) is 0 Å². The number of nitrogen functional groups attached to an aromatic ring is 1. The molecule has 0 radical (unpaired) electrons. The van der Waals surface area contributed by atoms with Gasteiger partial charge in [-0.3, -0.25) is 4.57 Å². The molecule has 18 heavy (non-hydrogen) atoms. The fourth-order valence-electron chi connectivity index (χ4n) is 1.16. The number of allylic oxidation sites excluding steroid dienone is 2. The van der Waals surface area contributed by atoms with Gasteiger partial charge in [-0.15, -0.1) is 0 Å². The Labute approximate surface area is 104 Å². The van der Waals surface area contributed by atoms with Crippen LogP contribution in [0.15, 0.2) is 48.0 Å². The van der Waals surface area contributed by atoms with Crippen LogP contribution in [0, 0.1) is 5.82 Å². The average molecular weight is 251 g/mol. The summed E-state index contributed by atoms with van der Waals surface area (Å²) in [6.07, 6.45) is 5.87. The van der Waals surface area contributed by atoms with Gasteiger partial charge in [-0.1, -0.05) is 31.4 Å². The van der Waals surface area contributed by atoms with E-state index < -0.39 is 17.3 Å². The van der Waals surface area contributed by atoms with Crippen molar-refractivity contribution < 1.29 is 9.13 Å². The molecule has 0 unspecified atom stereocenters. The van der Waals surface area contributed by atoms with Crippen molar-refractivity contribution >= 4 is 5.82 Å². The molecule has 0 bridgehead atoms. The number of nitrogens with zero attached hydrogens (tertiary/aromatic N) is 2. The zero-order valence-electron chi connectivity index (χ0n) is 9.80. The highest BCUT2D eigenvalue weighted by Crippen LogP contribution is 2.02. The highest BCUT2D eigenvalue weighted by Gasteiger charge is 2.04. The molecule has 0 saturated carbocycles. The fraction of sp³-hybridized carbons (Fsp3) is 0.167. The molecule has 0 fully saturated rings. The molecular formula is C12H14FN3O2. The van der Waals surface area contributed by atoms with Gasteiger partial charge < -0.3 is 10.5 Å². The van der Waals surface area contributed by atoms with Crippen molar-refractivity contribution in [2.24, 2.45) is 0 Å². The van der Waals surface area contributed by atoms with Gasteiger partial charge in [0.2, 0.25) is 0 Å². The molecular weight excluding hydrogens is 237 g/mol. The third-order valence-corrected chi connectivity index (χ3v) is 2.07. The van der Waals surface area contributed by atoms with E-state index in [2.05, 4.69) is 18.1 Å². The van der Waals surface area contributed by atoms with Gasteiger partial charge >= 0.3 is 5.69 Å². The SMILES string of the molecule is C=C/C=C(\C=C)COCn1cc(F)c(N)nc1=O. The maximum absolute atomic E-state index is 13.1. The first-order valence-electron chi connectivity index (χ1n) is 5.12. The Morgan fingerprint density at radius 2 is 2.33 bits per heavy atom. The van der Waals surface area contributed by atoms with Crippen LogP contribution in [0.4, 0.5) is 10.2 Å². The molecule has 1 aromatic rings. The van der Waals surface area contributed by atoms with Crippen LogP contribution in [0.25, 0.3) is 0 Å². The smallest absolute Gasteiger partial charge is 0.351 e. The Morgan fingerprint density at radius 3 is 2.94 bits per heavy atom. The lowest BCUT2D eigenvalue weighted by molar-refractivity contribution is 0.0923. The van der Waals surface area contributed by atoms with E-state index in [-0.39, 0.29) is 13.3 Å². The summed E-state index contributed by atoms with van der Waals surface area (Å²) in [4.78, 5) is 14.6. The molecule has 0 saturated heterocycles. The van der Waals surface area contributed by atoms with Crippen LogP contribution >= 0.6 is 0 Å². The second-order valence-electron chi connectivity index (χ2n) is 3.39. The van der Waals surface area contributed by atoms with Crippen molar-refractivity contribution in [1.29, 1.82) is 0 Å². The second-order valence-corrected chi connectivity index (χ2v) is 3.39. The molecule has 0 aliphatic rings. The summed E-state index contributed by atoms with van der Waals surface area (Å²) >= 11 is 0. The van der Waals surface area contributed by atoms with E-state index in [0.717, 1.165) is 16.3 Å². The van der Waals surface area contributed by atoms with Gasteiger partial charge in [0.1, 0.15) is 6.73 Å². The van der Waals surface area contributed by atoms with E-state index in [9.17, 15) is 9.18 Å². The van der Waals surface area contributed by atoms with Gasteiger partial charge in [-0.25, -0.2) is 9.18 Å². The number of rotatable bonds is 6. The number of hydrogen-bond acceptors (Lipinski definition) is 4. The normalized spacial score (nSPS) is 11.3. The third-order valence-electron chi connectivity index (χ3n) is 2.07. The molecule has 6 heteroatoms. The zero-order chi connectivity index (χ0) is 13.5. The highest BCUT2D eigenvalue weighted by atomic mass is 19.1. The zero-order valence-corrected chi connectivity index (χ0v) is 9.80. The monoisotopic (exact) mass is 251 g/mol. The van der Waals surface area contributed by atoms with Gasteiger partial charge in [-0.2, -0.15) is 4.98 Å². The third kappa shape index (κ3) is 3.67. The molecule has 2 N–H and O–H groups in total. The Hall–Kier alpha value is -2.21. The van der Waals surface area contributed by atoms with Crippen molar-refractivity contribution in [2.45, 2.75) is 6.73 Å². The van der Waals surface area contributed by atoms with Crippen molar-refractivity contribution in [2.75, 3.05) is 12.3 Å². The Balaban J connectivity index is 2.67. The Kier molecular flexibility index (Phi) is 5.01. The molecule has 0 aromatic carbocycles. The molecule has 0 aliphatic heterocycles. The summed E-state index contributed by atoms with van der Waals surface area (Å²) in [5, 5.41) is 0. The maximum atomic E-state index is 13.1. The van der Waals surface area contributed by atoms with Gasteiger partial charge in [0.05, 0.1) is 12.8 Å². The number of ether oxygens (including phenoxy) is 1. The minimum atomic E-state index is -0.760. The van der Waals surface area contributed by atoms with Crippen molar-refractivity contribution in [3.05, 3.63) is 59.5 Å². The maximum Gasteiger partial charge on any atom is 0.351 e. The van der Waals surface area contributed by atoms with Crippen LogP contribution in [0.5, 0.6) is 0 Å². The minimum Gasteiger partial charge on any atom is -0.381 e. The number of halogens is 1. The van der Waals surface area contributed by atoms with Crippen LogP contribution in [0.1, 0.15) is 0 Å². The van der Waals surface area contributed by atoms with E-state index >= 15 is 0 Å². The number of nitrogens with two attached hydrogens (primary N) is 1. The van der Waals surface area contributed by atoms with Gasteiger partial charge in [-0.05, 0) is 5.57 Å². The first-order chi connectivity index (χ1) is 8.58. The number of aromatic nitrogens is 2. The summed E-state index contributed by atoms with van der Waals surface area (Å²) in [5.41, 5.74) is 5.28. The molecule has 1 aromatic heterocycles. The fourth-order valence-corrected chi connectivity index (χ4v) is 1.16. The van der Waals surface area contributed by atoms with Crippen molar-refractivity contribution in [1.82, 2.24) is 9.55 Å². The molecule has 1 rings (SSSR count). The van der Waals surface area contributed by atoms with Crippen molar-refractivity contribution in [3.8, 4) is 0 Å². The Morgan fingerprint density at radius 1 is 1.61 bits per heavy atom. The van der Waals surface area contributed by atoms with Gasteiger partial charge in [0.15, 0.2) is 11.6 Å². The molecule has 0 amide bonds. The summed E-state index contributed by atoms with van der Waals surface area (Å²) < 4.78 is 19.3. The first kappa shape index (κ1) is 13.9. The summed E-state index contributed by atoms with van der Waals surface area (Å²) in [7, 11) is 0. The molecule has 96 valence electrons. The summed E-state index contributed by atoms with van der Waals surface area (Å²) in [6, 6.07) is 0. The molecule has 0 aliphatic carbocycles. The lowest BCUT2D eigenvalue weighted by Crippen LogP contribution is -2.25. The summed E-state index contributed by atoms with van der Waals surface area (Å²) in [6.45, 7) is 7.25.